The van der Waals surface area contributed by atoms with E-state index in [4.69, 9.17) is 9.72 Å². The van der Waals surface area contributed by atoms with Crippen molar-refractivity contribution >= 4 is 45.1 Å². The van der Waals surface area contributed by atoms with E-state index in [1.165, 1.54) is 36.9 Å². The Bertz CT molecular complexity index is 1620. The van der Waals surface area contributed by atoms with Crippen molar-refractivity contribution in [2.75, 3.05) is 0 Å². The third-order valence-electron chi connectivity index (χ3n) is 6.49. The minimum atomic E-state index is 0.491. The maximum Gasteiger partial charge on any atom is 0.142 e. The predicted octanol–water partition coefficient (Wildman–Crippen LogP) is 9.55. The molecule has 0 unspecified atom stereocenters. The van der Waals surface area contributed by atoms with Gasteiger partial charge in [-0.25, -0.2) is 0 Å². The fourth-order valence-corrected chi connectivity index (χ4v) is 6.29. The SMILES string of the molecule is c1ccc(SCc2ccc(OCc3c4ccccc4cc4ccccc34)c(CSc3ccccc3)n2)cc1. The molecule has 0 saturated heterocycles. The number of ether oxygens (including phenoxy) is 1. The summed E-state index contributed by atoms with van der Waals surface area (Å²) < 4.78 is 6.56. The Labute approximate surface area is 232 Å². The van der Waals surface area contributed by atoms with Crippen LogP contribution < -0.4 is 4.74 Å². The molecule has 0 atom stereocenters. The summed E-state index contributed by atoms with van der Waals surface area (Å²) in [5, 5.41) is 4.93. The summed E-state index contributed by atoms with van der Waals surface area (Å²) in [6, 6.07) is 44.5. The number of thioether (sulfide) groups is 2. The van der Waals surface area contributed by atoms with Crippen molar-refractivity contribution in [1.82, 2.24) is 4.98 Å². The zero-order valence-electron chi connectivity index (χ0n) is 20.9. The molecule has 6 aromatic rings. The molecule has 2 nitrogen and oxygen atoms in total. The number of benzene rings is 5. The van der Waals surface area contributed by atoms with Gasteiger partial charge in [0.15, 0.2) is 0 Å². The molecule has 1 heterocycles. The second-order valence-corrected chi connectivity index (χ2v) is 11.1. The largest absolute Gasteiger partial charge is 0.487 e. The van der Waals surface area contributed by atoms with Crippen molar-refractivity contribution in [2.24, 2.45) is 0 Å². The van der Waals surface area contributed by atoms with Gasteiger partial charge in [-0.3, -0.25) is 4.98 Å². The average molecular weight is 530 g/mol. The molecule has 186 valence electrons. The first-order valence-corrected chi connectivity index (χ1v) is 14.7. The maximum absolute atomic E-state index is 6.56. The minimum absolute atomic E-state index is 0.491. The second kappa shape index (κ2) is 11.8. The number of fused-ring (bicyclic) bond motifs is 2. The van der Waals surface area contributed by atoms with Crippen LogP contribution in [0.1, 0.15) is 17.0 Å². The lowest BCUT2D eigenvalue weighted by Gasteiger charge is -2.15. The van der Waals surface area contributed by atoms with Crippen molar-refractivity contribution in [2.45, 2.75) is 27.9 Å². The van der Waals surface area contributed by atoms with E-state index in [-0.39, 0.29) is 0 Å². The molecule has 0 bridgehead atoms. The summed E-state index contributed by atoms with van der Waals surface area (Å²) in [6.07, 6.45) is 0. The monoisotopic (exact) mass is 529 g/mol. The van der Waals surface area contributed by atoms with Crippen LogP contribution in [0.2, 0.25) is 0 Å². The highest BCUT2D eigenvalue weighted by Gasteiger charge is 2.13. The van der Waals surface area contributed by atoms with E-state index in [0.29, 0.717) is 6.61 Å². The normalized spacial score (nSPS) is 11.2. The van der Waals surface area contributed by atoms with Gasteiger partial charge in [0.05, 0.1) is 11.4 Å². The Balaban J connectivity index is 1.29. The number of pyridine rings is 1. The molecule has 0 aliphatic carbocycles. The number of rotatable bonds is 9. The summed E-state index contributed by atoms with van der Waals surface area (Å²) in [7, 11) is 0. The lowest BCUT2D eigenvalue weighted by Crippen LogP contribution is -2.03. The van der Waals surface area contributed by atoms with Crippen molar-refractivity contribution < 1.29 is 4.74 Å². The quantitative estimate of drug-likeness (QED) is 0.137. The molecule has 4 heteroatoms. The molecule has 0 amide bonds. The standard InChI is InChI=1S/C34H27NOS2/c1-3-13-28(14-4-1)37-23-27-19-20-34(33(35-27)24-38-29-15-5-2-6-16-29)36-22-32-30-17-9-7-11-25(30)21-26-12-8-10-18-31(26)32/h1-21H,22-24H2. The van der Waals surface area contributed by atoms with Crippen LogP contribution >= 0.6 is 23.5 Å². The fraction of sp³-hybridized carbons (Fsp3) is 0.0882. The number of hydrogen-bond acceptors (Lipinski definition) is 4. The number of hydrogen-bond donors (Lipinski definition) is 0. The highest BCUT2D eigenvalue weighted by molar-refractivity contribution is 7.98. The Morgan fingerprint density at radius 3 is 1.74 bits per heavy atom. The lowest BCUT2D eigenvalue weighted by atomic mass is 9.97. The zero-order chi connectivity index (χ0) is 25.6. The molecule has 0 saturated carbocycles. The van der Waals surface area contributed by atoms with Crippen molar-refractivity contribution in [3.63, 3.8) is 0 Å². The Hall–Kier alpha value is -3.73. The third-order valence-corrected chi connectivity index (χ3v) is 8.56. The van der Waals surface area contributed by atoms with E-state index in [1.807, 2.05) is 12.1 Å². The Morgan fingerprint density at radius 1 is 0.553 bits per heavy atom. The summed E-state index contributed by atoms with van der Waals surface area (Å²) in [5.41, 5.74) is 3.25. The smallest absolute Gasteiger partial charge is 0.142 e. The molecular formula is C34H27NOS2. The Kier molecular flexibility index (Phi) is 7.61. The van der Waals surface area contributed by atoms with Gasteiger partial charge in [0.2, 0.25) is 0 Å². The van der Waals surface area contributed by atoms with Crippen molar-refractivity contribution in [3.05, 3.63) is 144 Å². The van der Waals surface area contributed by atoms with Crippen LogP contribution in [0.25, 0.3) is 21.5 Å². The molecule has 6 rings (SSSR count). The minimum Gasteiger partial charge on any atom is -0.487 e. The zero-order valence-corrected chi connectivity index (χ0v) is 22.6. The maximum atomic E-state index is 6.56. The highest BCUT2D eigenvalue weighted by atomic mass is 32.2. The third kappa shape index (κ3) is 5.72. The second-order valence-electron chi connectivity index (χ2n) is 9.04. The molecule has 0 radical (unpaired) electrons. The lowest BCUT2D eigenvalue weighted by molar-refractivity contribution is 0.305. The van der Waals surface area contributed by atoms with Crippen LogP contribution in [0.15, 0.2) is 137 Å². The molecule has 0 N–H and O–H groups in total. The summed E-state index contributed by atoms with van der Waals surface area (Å²) in [5.74, 6) is 2.42. The van der Waals surface area contributed by atoms with Gasteiger partial charge in [-0.1, -0.05) is 84.9 Å². The van der Waals surface area contributed by atoms with E-state index in [2.05, 4.69) is 115 Å². The van der Waals surface area contributed by atoms with E-state index in [9.17, 15) is 0 Å². The summed E-state index contributed by atoms with van der Waals surface area (Å²) >= 11 is 3.59. The van der Waals surface area contributed by atoms with Gasteiger partial charge in [-0.05, 0) is 64.0 Å². The topological polar surface area (TPSA) is 22.1 Å². The first kappa shape index (κ1) is 24.6. The fourth-order valence-electron chi connectivity index (χ4n) is 4.60. The molecule has 0 aliphatic heterocycles. The van der Waals surface area contributed by atoms with Gasteiger partial charge < -0.3 is 4.74 Å². The number of nitrogens with zero attached hydrogens (tertiary/aromatic N) is 1. The van der Waals surface area contributed by atoms with Gasteiger partial charge in [-0.2, -0.15) is 0 Å². The van der Waals surface area contributed by atoms with Gasteiger partial charge in [0.1, 0.15) is 12.4 Å². The summed E-state index contributed by atoms with van der Waals surface area (Å²) in [4.78, 5) is 7.55. The van der Waals surface area contributed by atoms with E-state index in [1.54, 1.807) is 23.5 Å². The van der Waals surface area contributed by atoms with Crippen molar-refractivity contribution in [1.29, 1.82) is 0 Å². The van der Waals surface area contributed by atoms with Crippen LogP contribution in [0.4, 0.5) is 0 Å². The first-order valence-electron chi connectivity index (χ1n) is 12.7. The molecule has 5 aromatic carbocycles. The van der Waals surface area contributed by atoms with Crippen LogP contribution in [0.3, 0.4) is 0 Å². The van der Waals surface area contributed by atoms with Crippen LogP contribution in [-0.2, 0) is 18.1 Å². The van der Waals surface area contributed by atoms with E-state index >= 15 is 0 Å². The molecule has 0 fully saturated rings. The van der Waals surface area contributed by atoms with Crippen LogP contribution in [-0.4, -0.2) is 4.98 Å². The van der Waals surface area contributed by atoms with Gasteiger partial charge in [-0.15, -0.1) is 23.5 Å². The average Bonchev–Trinajstić information content (AvgIpc) is 2.98. The highest BCUT2D eigenvalue weighted by Crippen LogP contribution is 2.32. The molecule has 0 aliphatic rings. The van der Waals surface area contributed by atoms with Crippen LogP contribution in [0, 0.1) is 0 Å². The van der Waals surface area contributed by atoms with Crippen LogP contribution in [0.5, 0.6) is 5.75 Å². The Morgan fingerprint density at radius 2 is 1.11 bits per heavy atom. The van der Waals surface area contributed by atoms with Crippen molar-refractivity contribution in [3.8, 4) is 5.75 Å². The molecule has 0 spiro atoms. The van der Waals surface area contributed by atoms with Gasteiger partial charge in [0.25, 0.3) is 0 Å². The van der Waals surface area contributed by atoms with E-state index < -0.39 is 0 Å². The first-order chi connectivity index (χ1) is 18.8. The van der Waals surface area contributed by atoms with Gasteiger partial charge >= 0.3 is 0 Å². The predicted molar refractivity (Wildman–Crippen MR) is 162 cm³/mol. The molecule has 1 aromatic heterocycles. The van der Waals surface area contributed by atoms with E-state index in [0.717, 1.165) is 28.6 Å². The van der Waals surface area contributed by atoms with Gasteiger partial charge in [0, 0.05) is 26.9 Å². The number of aromatic nitrogens is 1. The molecule has 38 heavy (non-hydrogen) atoms. The summed E-state index contributed by atoms with van der Waals surface area (Å²) in [6.45, 7) is 0.491. The molecular weight excluding hydrogens is 503 g/mol.